The van der Waals surface area contributed by atoms with E-state index in [-0.39, 0.29) is 0 Å². The van der Waals surface area contributed by atoms with E-state index in [1.165, 1.54) is 12.8 Å². The van der Waals surface area contributed by atoms with E-state index in [4.69, 9.17) is 9.68 Å². The third-order valence-corrected chi connectivity index (χ3v) is 4.60. The summed E-state index contributed by atoms with van der Waals surface area (Å²) in [4.78, 5) is 6.61. The van der Waals surface area contributed by atoms with Crippen LogP contribution in [-0.4, -0.2) is 39.7 Å². The topological polar surface area (TPSA) is 90.9 Å². The Kier molecular flexibility index (Phi) is 4.13. The van der Waals surface area contributed by atoms with Crippen molar-refractivity contribution in [3.63, 3.8) is 0 Å². The molecule has 7 nitrogen and oxygen atoms in total. The van der Waals surface area contributed by atoms with E-state index in [0.29, 0.717) is 17.4 Å². The summed E-state index contributed by atoms with van der Waals surface area (Å²) in [6.07, 6.45) is 5.11. The molecule has 1 atom stereocenters. The number of nitrogens with one attached hydrogen (secondary N) is 1. The van der Waals surface area contributed by atoms with Gasteiger partial charge in [-0.25, -0.2) is 4.98 Å². The van der Waals surface area contributed by atoms with Gasteiger partial charge in [0, 0.05) is 25.2 Å². The van der Waals surface area contributed by atoms with Gasteiger partial charge in [0.05, 0.1) is 12.1 Å². The van der Waals surface area contributed by atoms with Gasteiger partial charge >= 0.3 is 0 Å². The van der Waals surface area contributed by atoms with Crippen molar-refractivity contribution >= 4 is 5.82 Å². The largest absolute Gasteiger partial charge is 0.424 e. The lowest BCUT2D eigenvalue weighted by Crippen LogP contribution is -2.23. The van der Waals surface area contributed by atoms with Crippen LogP contribution in [0.5, 0.6) is 0 Å². The summed E-state index contributed by atoms with van der Waals surface area (Å²) in [6.45, 7) is 3.69. The van der Waals surface area contributed by atoms with Crippen LogP contribution in [0.2, 0.25) is 0 Å². The number of nitriles is 1. The number of nitrogens with zero attached hydrogens (tertiary/aromatic N) is 5. The number of hydrogen-bond donors (Lipinski definition) is 1. The van der Waals surface area contributed by atoms with Crippen molar-refractivity contribution in [2.24, 2.45) is 5.92 Å². The van der Waals surface area contributed by atoms with Crippen LogP contribution < -0.4 is 5.32 Å². The molecule has 1 aliphatic carbocycles. The van der Waals surface area contributed by atoms with E-state index < -0.39 is 0 Å². The van der Waals surface area contributed by atoms with Gasteiger partial charge < -0.3 is 9.73 Å². The van der Waals surface area contributed by atoms with Crippen molar-refractivity contribution in [2.75, 3.05) is 25.0 Å². The van der Waals surface area contributed by atoms with Crippen LogP contribution in [-0.2, 0) is 6.54 Å². The predicted molar refractivity (Wildman–Crippen MR) is 87.1 cm³/mol. The Morgan fingerprint density at radius 3 is 2.96 bits per heavy atom. The Hall–Kier alpha value is -2.46. The lowest BCUT2D eigenvalue weighted by molar-refractivity contribution is 0.278. The van der Waals surface area contributed by atoms with Gasteiger partial charge in [-0.15, -0.1) is 10.2 Å². The number of aromatic nitrogens is 3. The van der Waals surface area contributed by atoms with Gasteiger partial charge in [0.15, 0.2) is 0 Å². The average molecular weight is 324 g/mol. The van der Waals surface area contributed by atoms with Gasteiger partial charge in [0.1, 0.15) is 11.9 Å². The molecule has 2 aromatic heterocycles. The van der Waals surface area contributed by atoms with Gasteiger partial charge in [-0.1, -0.05) is 0 Å². The van der Waals surface area contributed by atoms with Crippen LogP contribution in [0.25, 0.3) is 0 Å². The van der Waals surface area contributed by atoms with Crippen LogP contribution in [0.15, 0.2) is 22.7 Å². The minimum atomic E-state index is 0.515. The molecule has 4 rings (SSSR count). The molecule has 7 heteroatoms. The smallest absolute Gasteiger partial charge is 0.230 e. The maximum absolute atomic E-state index is 8.78. The number of rotatable bonds is 6. The monoisotopic (exact) mass is 324 g/mol. The number of likely N-dealkylation sites (tertiary alicyclic amines) is 1. The first-order valence-corrected chi connectivity index (χ1v) is 8.45. The molecule has 0 unspecified atom stereocenters. The Morgan fingerprint density at radius 1 is 1.29 bits per heavy atom. The molecule has 2 aromatic rings. The molecular weight excluding hydrogens is 304 g/mol. The Balaban J connectivity index is 1.24. The van der Waals surface area contributed by atoms with Crippen molar-refractivity contribution < 1.29 is 4.42 Å². The standard InChI is InChI=1S/C17H20N6O/c18-7-12-1-4-15(19-8-12)20-9-13-5-6-23(10-13)11-16-21-22-17(24-16)14-2-3-14/h1,4,8,13-14H,2-3,5-6,9-11H2,(H,19,20)/t13-/m0/s1. The molecule has 2 fully saturated rings. The van der Waals surface area contributed by atoms with E-state index in [1.807, 2.05) is 6.07 Å². The molecule has 0 bridgehead atoms. The second-order valence-corrected chi connectivity index (χ2v) is 6.62. The summed E-state index contributed by atoms with van der Waals surface area (Å²) in [6, 6.07) is 5.71. The summed E-state index contributed by atoms with van der Waals surface area (Å²) in [5.41, 5.74) is 0.581. The molecule has 1 N–H and O–H groups in total. The summed E-state index contributed by atoms with van der Waals surface area (Å²) in [7, 11) is 0. The highest BCUT2D eigenvalue weighted by molar-refractivity contribution is 5.38. The van der Waals surface area contributed by atoms with Gasteiger partial charge in [-0.2, -0.15) is 5.26 Å². The molecule has 0 spiro atoms. The highest BCUT2D eigenvalue weighted by atomic mass is 16.4. The first kappa shape index (κ1) is 15.1. The molecule has 0 aromatic carbocycles. The van der Waals surface area contributed by atoms with Crippen LogP contribution >= 0.6 is 0 Å². The molecule has 3 heterocycles. The molecule has 0 radical (unpaired) electrons. The highest BCUT2D eigenvalue weighted by Gasteiger charge is 2.30. The van der Waals surface area contributed by atoms with Gasteiger partial charge in [0.2, 0.25) is 11.8 Å². The molecule has 1 saturated heterocycles. The fourth-order valence-corrected chi connectivity index (χ4v) is 3.05. The normalized spacial score (nSPS) is 20.9. The fourth-order valence-electron chi connectivity index (χ4n) is 3.05. The molecule has 24 heavy (non-hydrogen) atoms. The van der Waals surface area contributed by atoms with Crippen LogP contribution in [0, 0.1) is 17.2 Å². The molecule has 124 valence electrons. The summed E-state index contributed by atoms with van der Waals surface area (Å²) in [5.74, 6) is 3.46. The summed E-state index contributed by atoms with van der Waals surface area (Å²) < 4.78 is 5.74. The van der Waals surface area contributed by atoms with E-state index in [2.05, 4.69) is 31.5 Å². The van der Waals surface area contributed by atoms with E-state index in [9.17, 15) is 0 Å². The van der Waals surface area contributed by atoms with Crippen molar-refractivity contribution in [3.8, 4) is 6.07 Å². The minimum Gasteiger partial charge on any atom is -0.424 e. The molecule has 1 aliphatic heterocycles. The number of pyridine rings is 1. The zero-order chi connectivity index (χ0) is 16.4. The first-order valence-electron chi connectivity index (χ1n) is 8.45. The lowest BCUT2D eigenvalue weighted by Gasteiger charge is -2.14. The zero-order valence-electron chi connectivity index (χ0n) is 13.5. The minimum absolute atomic E-state index is 0.515. The number of anilines is 1. The molecular formula is C17H20N6O. The van der Waals surface area contributed by atoms with Gasteiger partial charge in [0.25, 0.3) is 0 Å². The Labute approximate surface area is 140 Å². The molecule has 2 aliphatic rings. The van der Waals surface area contributed by atoms with E-state index >= 15 is 0 Å². The van der Waals surface area contributed by atoms with Crippen molar-refractivity contribution in [2.45, 2.75) is 31.7 Å². The second kappa shape index (κ2) is 6.57. The maximum atomic E-state index is 8.78. The Morgan fingerprint density at radius 2 is 2.21 bits per heavy atom. The fraction of sp³-hybridized carbons (Fsp3) is 0.529. The second-order valence-electron chi connectivity index (χ2n) is 6.62. The van der Waals surface area contributed by atoms with E-state index in [0.717, 1.165) is 50.2 Å². The highest BCUT2D eigenvalue weighted by Crippen LogP contribution is 2.39. The number of hydrogen-bond acceptors (Lipinski definition) is 7. The van der Waals surface area contributed by atoms with Crippen LogP contribution in [0.1, 0.15) is 42.5 Å². The third-order valence-electron chi connectivity index (χ3n) is 4.60. The quantitative estimate of drug-likeness (QED) is 0.870. The van der Waals surface area contributed by atoms with E-state index in [1.54, 1.807) is 12.3 Å². The third kappa shape index (κ3) is 3.54. The first-order chi connectivity index (χ1) is 11.8. The molecule has 0 amide bonds. The average Bonchev–Trinajstić information content (AvgIpc) is 3.20. The molecule has 1 saturated carbocycles. The maximum Gasteiger partial charge on any atom is 0.230 e. The van der Waals surface area contributed by atoms with Crippen molar-refractivity contribution in [3.05, 3.63) is 35.7 Å². The lowest BCUT2D eigenvalue weighted by atomic mass is 10.1. The Bertz CT molecular complexity index is 730. The SMILES string of the molecule is N#Cc1ccc(NC[C@@H]2CCN(Cc3nnc(C4CC4)o3)C2)nc1. The summed E-state index contributed by atoms with van der Waals surface area (Å²) in [5, 5.41) is 20.4. The zero-order valence-corrected chi connectivity index (χ0v) is 13.5. The van der Waals surface area contributed by atoms with Crippen LogP contribution in [0.3, 0.4) is 0 Å². The van der Waals surface area contributed by atoms with Gasteiger partial charge in [-0.05, 0) is 43.9 Å². The van der Waals surface area contributed by atoms with Crippen LogP contribution in [0.4, 0.5) is 5.82 Å². The predicted octanol–water partition coefficient (Wildman–Crippen LogP) is 2.15. The van der Waals surface area contributed by atoms with Crippen molar-refractivity contribution in [1.82, 2.24) is 20.1 Å². The van der Waals surface area contributed by atoms with Gasteiger partial charge in [-0.3, -0.25) is 4.90 Å². The van der Waals surface area contributed by atoms with Crippen molar-refractivity contribution in [1.29, 1.82) is 5.26 Å². The summed E-state index contributed by atoms with van der Waals surface area (Å²) >= 11 is 0.